The predicted octanol–water partition coefficient (Wildman–Crippen LogP) is 4.49. The number of benzene rings is 2. The summed E-state index contributed by atoms with van der Waals surface area (Å²) < 4.78 is 38.2. The number of hydrogen-bond donors (Lipinski definition) is 1. The van der Waals surface area contributed by atoms with E-state index in [0.717, 1.165) is 29.8 Å². The summed E-state index contributed by atoms with van der Waals surface area (Å²) in [5.41, 5.74) is 1.73. The van der Waals surface area contributed by atoms with Gasteiger partial charge in [-0.25, -0.2) is 0 Å². The Balaban J connectivity index is 1.60. The van der Waals surface area contributed by atoms with Crippen LogP contribution in [0.25, 0.3) is 0 Å². The van der Waals surface area contributed by atoms with Crippen LogP contribution in [0.4, 0.5) is 24.5 Å². The molecule has 3 nitrogen and oxygen atoms in total. The van der Waals surface area contributed by atoms with E-state index in [1.54, 1.807) is 11.0 Å². The van der Waals surface area contributed by atoms with Crippen LogP contribution in [-0.4, -0.2) is 18.5 Å². The summed E-state index contributed by atoms with van der Waals surface area (Å²) in [5.74, 6) is -0.0306. The number of carbonyl (C=O) groups is 1. The number of halogens is 3. The molecule has 0 radical (unpaired) electrons. The summed E-state index contributed by atoms with van der Waals surface area (Å²) in [7, 11) is 0. The molecule has 1 heterocycles. The quantitative estimate of drug-likeness (QED) is 0.883. The normalized spacial score (nSPS) is 16.6. The lowest BCUT2D eigenvalue weighted by atomic mass is 10.1. The van der Waals surface area contributed by atoms with Gasteiger partial charge in [-0.15, -0.1) is 0 Å². The molecule has 0 fully saturated rings. The van der Waals surface area contributed by atoms with Crippen LogP contribution < -0.4 is 10.2 Å². The number of fused-ring (bicyclic) bond motifs is 1. The lowest BCUT2D eigenvalue weighted by molar-refractivity contribution is -0.137. The van der Waals surface area contributed by atoms with Crippen LogP contribution in [0.5, 0.6) is 0 Å². The molecule has 25 heavy (non-hydrogen) atoms. The molecule has 0 spiro atoms. The van der Waals surface area contributed by atoms with Crippen molar-refractivity contribution >= 4 is 17.3 Å². The van der Waals surface area contributed by atoms with Crippen molar-refractivity contribution in [3.8, 4) is 0 Å². The molecule has 3 rings (SSSR count). The molecule has 0 bridgehead atoms. The van der Waals surface area contributed by atoms with E-state index in [1.165, 1.54) is 6.07 Å². The van der Waals surface area contributed by atoms with E-state index >= 15 is 0 Å². The van der Waals surface area contributed by atoms with E-state index in [1.807, 2.05) is 31.2 Å². The van der Waals surface area contributed by atoms with Crippen molar-refractivity contribution in [1.29, 1.82) is 0 Å². The molecule has 1 aliphatic rings. The highest BCUT2D eigenvalue weighted by Gasteiger charge is 2.31. The van der Waals surface area contributed by atoms with Gasteiger partial charge in [-0.05, 0) is 43.2 Å². The highest BCUT2D eigenvalue weighted by molar-refractivity contribution is 5.96. The average molecular weight is 348 g/mol. The van der Waals surface area contributed by atoms with Gasteiger partial charge in [0.15, 0.2) is 0 Å². The molecule has 1 unspecified atom stereocenters. The summed E-state index contributed by atoms with van der Waals surface area (Å²) in [6, 6.07) is 12.9. The summed E-state index contributed by atoms with van der Waals surface area (Å²) in [5, 5.41) is 2.90. The van der Waals surface area contributed by atoms with Gasteiger partial charge in [-0.2, -0.15) is 13.2 Å². The Labute approximate surface area is 144 Å². The Bertz CT molecular complexity index is 773. The molecule has 0 saturated carbocycles. The fraction of sp³-hybridized carbons (Fsp3) is 0.316. The van der Waals surface area contributed by atoms with Gasteiger partial charge in [0.2, 0.25) is 5.91 Å². The number of carbonyl (C=O) groups excluding carboxylic acids is 1. The Morgan fingerprint density at radius 2 is 1.96 bits per heavy atom. The molecule has 0 saturated heterocycles. The SMILES string of the molecule is CC1Cc2ccccc2N1C(=O)CCNc1cccc(C(F)(F)F)c1. The molecular formula is C19H19F3N2O. The summed E-state index contributed by atoms with van der Waals surface area (Å²) >= 11 is 0. The Hall–Kier alpha value is -2.50. The molecule has 6 heteroatoms. The van der Waals surface area contributed by atoms with Crippen LogP contribution in [0.3, 0.4) is 0 Å². The van der Waals surface area contributed by atoms with Gasteiger partial charge in [0.1, 0.15) is 0 Å². The Kier molecular flexibility index (Phi) is 4.70. The molecule has 2 aromatic rings. The second kappa shape index (κ2) is 6.78. The number of rotatable bonds is 4. The third kappa shape index (κ3) is 3.78. The molecule has 2 aromatic carbocycles. The fourth-order valence-corrected chi connectivity index (χ4v) is 3.19. The number of para-hydroxylation sites is 1. The summed E-state index contributed by atoms with van der Waals surface area (Å²) in [6.07, 6.45) is -3.33. The second-order valence-electron chi connectivity index (χ2n) is 6.20. The first-order valence-corrected chi connectivity index (χ1v) is 8.17. The largest absolute Gasteiger partial charge is 0.416 e. The van der Waals surface area contributed by atoms with E-state index in [9.17, 15) is 18.0 Å². The summed E-state index contributed by atoms with van der Waals surface area (Å²) in [4.78, 5) is 14.3. The maximum atomic E-state index is 12.7. The number of anilines is 2. The first kappa shape index (κ1) is 17.3. The highest BCUT2D eigenvalue weighted by atomic mass is 19.4. The minimum Gasteiger partial charge on any atom is -0.385 e. The van der Waals surface area contributed by atoms with E-state index < -0.39 is 11.7 Å². The smallest absolute Gasteiger partial charge is 0.385 e. The first-order chi connectivity index (χ1) is 11.9. The minimum atomic E-state index is -4.37. The lowest BCUT2D eigenvalue weighted by Crippen LogP contribution is -2.36. The van der Waals surface area contributed by atoms with Crippen molar-refractivity contribution in [3.05, 3.63) is 59.7 Å². The first-order valence-electron chi connectivity index (χ1n) is 8.17. The van der Waals surface area contributed by atoms with Gasteiger partial charge in [0.25, 0.3) is 0 Å². The zero-order valence-corrected chi connectivity index (χ0v) is 13.8. The summed E-state index contributed by atoms with van der Waals surface area (Å²) in [6.45, 7) is 2.28. The topological polar surface area (TPSA) is 32.3 Å². The van der Waals surface area contributed by atoms with Crippen LogP contribution in [0.15, 0.2) is 48.5 Å². The number of nitrogens with one attached hydrogen (secondary N) is 1. The van der Waals surface area contributed by atoms with E-state index in [2.05, 4.69) is 5.32 Å². The molecule has 1 N–H and O–H groups in total. The van der Waals surface area contributed by atoms with Crippen LogP contribution in [-0.2, 0) is 17.4 Å². The number of alkyl halides is 3. The van der Waals surface area contributed by atoms with Crippen molar-refractivity contribution in [2.75, 3.05) is 16.8 Å². The molecule has 0 aromatic heterocycles. The van der Waals surface area contributed by atoms with Crippen LogP contribution in [0.1, 0.15) is 24.5 Å². The number of nitrogens with zero attached hydrogens (tertiary/aromatic N) is 1. The van der Waals surface area contributed by atoms with Gasteiger partial charge in [-0.1, -0.05) is 24.3 Å². The maximum Gasteiger partial charge on any atom is 0.416 e. The van der Waals surface area contributed by atoms with Gasteiger partial charge in [0.05, 0.1) is 5.56 Å². The monoisotopic (exact) mass is 348 g/mol. The van der Waals surface area contributed by atoms with E-state index in [0.29, 0.717) is 5.69 Å². The van der Waals surface area contributed by atoms with Crippen LogP contribution in [0.2, 0.25) is 0 Å². The van der Waals surface area contributed by atoms with Gasteiger partial charge < -0.3 is 10.2 Å². The van der Waals surface area contributed by atoms with Crippen LogP contribution >= 0.6 is 0 Å². The van der Waals surface area contributed by atoms with Crippen molar-refractivity contribution in [1.82, 2.24) is 0 Å². The fourth-order valence-electron chi connectivity index (χ4n) is 3.19. The third-order valence-corrected chi connectivity index (χ3v) is 4.33. The van der Waals surface area contributed by atoms with Gasteiger partial charge >= 0.3 is 6.18 Å². The third-order valence-electron chi connectivity index (χ3n) is 4.33. The Morgan fingerprint density at radius 1 is 1.20 bits per heavy atom. The molecule has 0 aliphatic carbocycles. The maximum absolute atomic E-state index is 12.7. The highest BCUT2D eigenvalue weighted by Crippen LogP contribution is 2.32. The molecule has 132 valence electrons. The van der Waals surface area contributed by atoms with Crippen molar-refractivity contribution in [2.24, 2.45) is 0 Å². The van der Waals surface area contributed by atoms with E-state index in [4.69, 9.17) is 0 Å². The van der Waals surface area contributed by atoms with Gasteiger partial charge in [-0.3, -0.25) is 4.79 Å². The predicted molar refractivity (Wildman–Crippen MR) is 91.6 cm³/mol. The minimum absolute atomic E-state index is 0.0306. The van der Waals surface area contributed by atoms with Crippen LogP contribution in [0, 0.1) is 0 Å². The standard InChI is InChI=1S/C19H19F3N2O/c1-13-11-14-5-2-3-8-17(14)24(13)18(25)9-10-23-16-7-4-6-15(12-16)19(20,21)22/h2-8,12-13,23H,9-11H2,1H3. The van der Waals surface area contributed by atoms with Gasteiger partial charge in [0, 0.05) is 30.4 Å². The lowest BCUT2D eigenvalue weighted by Gasteiger charge is -2.23. The zero-order valence-electron chi connectivity index (χ0n) is 13.8. The average Bonchev–Trinajstić information content (AvgIpc) is 2.90. The zero-order chi connectivity index (χ0) is 18.0. The second-order valence-corrected chi connectivity index (χ2v) is 6.20. The molecular weight excluding hydrogens is 329 g/mol. The van der Waals surface area contributed by atoms with Crippen molar-refractivity contribution < 1.29 is 18.0 Å². The molecule has 1 amide bonds. The number of hydrogen-bond acceptors (Lipinski definition) is 2. The number of amides is 1. The molecule has 1 aliphatic heterocycles. The molecule has 1 atom stereocenters. The van der Waals surface area contributed by atoms with Crippen molar-refractivity contribution in [3.63, 3.8) is 0 Å². The van der Waals surface area contributed by atoms with E-state index in [-0.39, 0.29) is 24.9 Å². The van der Waals surface area contributed by atoms with Crippen molar-refractivity contribution in [2.45, 2.75) is 32.0 Å². The Morgan fingerprint density at radius 3 is 2.72 bits per heavy atom.